The van der Waals surface area contributed by atoms with Crippen molar-refractivity contribution in [2.45, 2.75) is 45.4 Å². The number of rotatable bonds is 6. The van der Waals surface area contributed by atoms with Crippen molar-refractivity contribution < 1.29 is 0 Å². The predicted octanol–water partition coefficient (Wildman–Crippen LogP) is 3.46. The molecule has 1 heterocycles. The van der Waals surface area contributed by atoms with Crippen LogP contribution in [-0.2, 0) is 0 Å². The van der Waals surface area contributed by atoms with Gasteiger partial charge < -0.3 is 0 Å². The third-order valence-electron chi connectivity index (χ3n) is 2.30. The Labute approximate surface area is 77.0 Å². The number of hydrogen-bond acceptors (Lipinski definition) is 0. The highest BCUT2D eigenvalue weighted by molar-refractivity contribution is 6.52. The first-order valence-corrected chi connectivity index (χ1v) is 5.14. The Kier molecular flexibility index (Phi) is 4.90. The lowest BCUT2D eigenvalue weighted by molar-refractivity contribution is 0.635. The quantitative estimate of drug-likeness (QED) is 0.413. The van der Waals surface area contributed by atoms with Gasteiger partial charge in [0.2, 0.25) is 0 Å². The van der Waals surface area contributed by atoms with E-state index in [1.807, 2.05) is 0 Å². The topological polar surface area (TPSA) is 0 Å². The van der Waals surface area contributed by atoms with E-state index in [1.165, 1.54) is 44.0 Å². The Morgan fingerprint density at radius 2 is 2.00 bits per heavy atom. The Hall–Kier alpha value is -0.455. The molecule has 0 saturated carbocycles. The van der Waals surface area contributed by atoms with Crippen molar-refractivity contribution in [3.05, 3.63) is 23.6 Å². The third-order valence-corrected chi connectivity index (χ3v) is 2.30. The highest BCUT2D eigenvalue weighted by Crippen LogP contribution is 2.12. The molecule has 0 aliphatic carbocycles. The van der Waals surface area contributed by atoms with Crippen molar-refractivity contribution >= 4 is 7.28 Å². The summed E-state index contributed by atoms with van der Waals surface area (Å²) in [5.74, 6) is 2.13. The van der Waals surface area contributed by atoms with Crippen LogP contribution in [0.4, 0.5) is 0 Å². The molecular formula is C11H18B. The lowest BCUT2D eigenvalue weighted by Gasteiger charge is -2.00. The maximum absolute atomic E-state index is 2.26. The van der Waals surface area contributed by atoms with Crippen LogP contribution in [0.5, 0.6) is 0 Å². The van der Waals surface area contributed by atoms with Gasteiger partial charge in [-0.3, -0.25) is 0 Å². The van der Waals surface area contributed by atoms with Crippen LogP contribution in [0.2, 0.25) is 0 Å². The van der Waals surface area contributed by atoms with Gasteiger partial charge >= 0.3 is 0 Å². The van der Waals surface area contributed by atoms with Crippen molar-refractivity contribution in [3.8, 4) is 0 Å². The van der Waals surface area contributed by atoms with Gasteiger partial charge in [0, 0.05) is 0 Å². The molecule has 65 valence electrons. The van der Waals surface area contributed by atoms with Gasteiger partial charge in [-0.25, -0.2) is 0 Å². The van der Waals surface area contributed by atoms with E-state index in [1.54, 1.807) is 0 Å². The summed E-state index contributed by atoms with van der Waals surface area (Å²) in [7, 11) is 2.22. The average Bonchev–Trinajstić information content (AvgIpc) is 2.57. The summed E-state index contributed by atoms with van der Waals surface area (Å²) in [5, 5.41) is 0. The van der Waals surface area contributed by atoms with Crippen LogP contribution in [0.25, 0.3) is 0 Å². The van der Waals surface area contributed by atoms with E-state index in [2.05, 4.69) is 32.3 Å². The lowest BCUT2D eigenvalue weighted by Crippen LogP contribution is -1.89. The van der Waals surface area contributed by atoms with Crippen LogP contribution in [0, 0.1) is 0 Å². The minimum Gasteiger partial charge on any atom is -0.117 e. The zero-order chi connectivity index (χ0) is 8.65. The Morgan fingerprint density at radius 1 is 1.17 bits per heavy atom. The average molecular weight is 161 g/mol. The molecule has 0 aromatic heterocycles. The Bertz CT molecular complexity index is 168. The number of unbranched alkanes of at least 4 members (excludes halogenated alkanes) is 4. The van der Waals surface area contributed by atoms with E-state index in [-0.39, 0.29) is 0 Å². The van der Waals surface area contributed by atoms with Gasteiger partial charge in [-0.2, -0.15) is 0 Å². The van der Waals surface area contributed by atoms with Crippen molar-refractivity contribution in [3.63, 3.8) is 0 Å². The SMILES string of the molecule is CCCCCCCC1=CC=C[B]1. The fourth-order valence-corrected chi connectivity index (χ4v) is 1.51. The molecule has 0 spiro atoms. The fourth-order valence-electron chi connectivity index (χ4n) is 1.51. The first-order valence-electron chi connectivity index (χ1n) is 5.14. The van der Waals surface area contributed by atoms with Crippen LogP contribution >= 0.6 is 0 Å². The van der Waals surface area contributed by atoms with Gasteiger partial charge in [-0.15, -0.1) is 11.4 Å². The molecule has 12 heavy (non-hydrogen) atoms. The van der Waals surface area contributed by atoms with Crippen LogP contribution in [0.15, 0.2) is 23.6 Å². The largest absolute Gasteiger partial charge is 0.175 e. The molecule has 0 unspecified atom stereocenters. The fraction of sp³-hybridized carbons (Fsp3) is 0.636. The third kappa shape index (κ3) is 3.80. The molecular weight excluding hydrogens is 143 g/mol. The van der Waals surface area contributed by atoms with E-state index >= 15 is 0 Å². The first kappa shape index (κ1) is 9.63. The van der Waals surface area contributed by atoms with E-state index in [0.29, 0.717) is 0 Å². The molecule has 0 atom stereocenters. The van der Waals surface area contributed by atoms with E-state index in [9.17, 15) is 0 Å². The van der Waals surface area contributed by atoms with Gasteiger partial charge in [0.05, 0.1) is 0 Å². The summed E-state index contributed by atoms with van der Waals surface area (Å²) >= 11 is 0. The molecule has 1 aliphatic heterocycles. The second-order valence-electron chi connectivity index (χ2n) is 3.46. The normalized spacial score (nSPS) is 14.6. The lowest BCUT2D eigenvalue weighted by atomic mass is 9.71. The Balaban J connectivity index is 1.89. The predicted molar refractivity (Wildman–Crippen MR) is 56.4 cm³/mol. The molecule has 1 radical (unpaired) electrons. The first-order chi connectivity index (χ1) is 5.93. The molecule has 0 N–H and O–H groups in total. The second-order valence-corrected chi connectivity index (χ2v) is 3.46. The van der Waals surface area contributed by atoms with Crippen LogP contribution < -0.4 is 0 Å². The van der Waals surface area contributed by atoms with Crippen molar-refractivity contribution in [1.82, 2.24) is 0 Å². The molecule has 0 bridgehead atoms. The van der Waals surface area contributed by atoms with Gasteiger partial charge in [0.25, 0.3) is 0 Å². The van der Waals surface area contributed by atoms with Crippen molar-refractivity contribution in [2.75, 3.05) is 0 Å². The molecule has 1 rings (SSSR count). The smallest absolute Gasteiger partial charge is 0.117 e. The van der Waals surface area contributed by atoms with Crippen LogP contribution in [-0.4, -0.2) is 7.28 Å². The Morgan fingerprint density at radius 3 is 2.67 bits per heavy atom. The molecule has 0 aromatic rings. The molecule has 0 amide bonds. The zero-order valence-corrected chi connectivity index (χ0v) is 8.05. The van der Waals surface area contributed by atoms with Gasteiger partial charge in [0.15, 0.2) is 7.28 Å². The summed E-state index contributed by atoms with van der Waals surface area (Å²) in [6, 6.07) is 0. The van der Waals surface area contributed by atoms with Crippen molar-refractivity contribution in [1.29, 1.82) is 0 Å². The van der Waals surface area contributed by atoms with E-state index in [4.69, 9.17) is 0 Å². The molecule has 1 aliphatic rings. The summed E-state index contributed by atoms with van der Waals surface area (Å²) in [6.07, 6.45) is 12.6. The van der Waals surface area contributed by atoms with E-state index in [0.717, 1.165) is 0 Å². The standard InChI is InChI=1S/C11H18B/c1-2-3-4-5-6-8-11-9-7-10-12-11/h7,9-10H,2-6,8H2,1H3. The van der Waals surface area contributed by atoms with Gasteiger partial charge in [-0.05, 0) is 6.42 Å². The maximum atomic E-state index is 2.26. The highest BCUT2D eigenvalue weighted by Gasteiger charge is 1.99. The molecule has 1 heteroatoms. The van der Waals surface area contributed by atoms with Crippen LogP contribution in [0.3, 0.4) is 0 Å². The molecule has 0 fully saturated rings. The van der Waals surface area contributed by atoms with Gasteiger partial charge in [-0.1, -0.05) is 51.2 Å². The summed E-state index contributed by atoms with van der Waals surface area (Å²) in [4.78, 5) is 0. The van der Waals surface area contributed by atoms with Gasteiger partial charge in [0.1, 0.15) is 0 Å². The minimum absolute atomic E-state index is 1.27. The molecule has 0 nitrogen and oxygen atoms in total. The highest BCUT2D eigenvalue weighted by atomic mass is 14.0. The second kappa shape index (κ2) is 6.10. The number of hydrogen-bond donors (Lipinski definition) is 0. The number of allylic oxidation sites excluding steroid dienone is 3. The van der Waals surface area contributed by atoms with Crippen LogP contribution in [0.1, 0.15) is 45.4 Å². The molecule has 0 saturated heterocycles. The summed E-state index contributed by atoms with van der Waals surface area (Å²) < 4.78 is 0. The monoisotopic (exact) mass is 161 g/mol. The van der Waals surface area contributed by atoms with Crippen molar-refractivity contribution in [2.24, 2.45) is 0 Å². The summed E-state index contributed by atoms with van der Waals surface area (Å²) in [5.41, 5.74) is 1.51. The maximum Gasteiger partial charge on any atom is 0.175 e. The minimum atomic E-state index is 1.27. The van der Waals surface area contributed by atoms with E-state index < -0.39 is 0 Å². The summed E-state index contributed by atoms with van der Waals surface area (Å²) in [6.45, 7) is 2.26. The molecule has 0 aromatic carbocycles. The zero-order valence-electron chi connectivity index (χ0n) is 8.05.